The van der Waals surface area contributed by atoms with Gasteiger partial charge in [0.05, 0.1) is 10.6 Å². The van der Waals surface area contributed by atoms with Crippen molar-refractivity contribution >= 4 is 15.5 Å². The Bertz CT molecular complexity index is 416. The monoisotopic (exact) mass is 205 g/mol. The minimum Gasteiger partial charge on any atom is -0.291 e. The van der Waals surface area contributed by atoms with Crippen molar-refractivity contribution in [3.05, 3.63) is 24.0 Å². The average molecular weight is 205 g/mol. The number of hydrogen-bond donors (Lipinski definition) is 2. The van der Waals surface area contributed by atoms with Crippen molar-refractivity contribution in [2.75, 3.05) is 11.7 Å². The van der Waals surface area contributed by atoms with E-state index in [1.807, 2.05) is 0 Å². The van der Waals surface area contributed by atoms with E-state index in [0.717, 1.165) is 18.4 Å². The summed E-state index contributed by atoms with van der Waals surface area (Å²) in [5.74, 6) is -0.814. The largest absolute Gasteiger partial charge is 0.291 e. The van der Waals surface area contributed by atoms with Crippen molar-refractivity contribution < 1.29 is 18.0 Å². The lowest BCUT2D eigenvalue weighted by atomic mass is 10.3. The van der Waals surface area contributed by atoms with Gasteiger partial charge in [-0.15, -0.1) is 0 Å². The first-order valence-corrected chi connectivity index (χ1v) is 5.24. The highest BCUT2D eigenvalue weighted by Gasteiger charge is 2.10. The molecule has 0 aliphatic rings. The number of hydrogen-bond acceptors (Lipinski definition) is 4. The highest BCUT2D eigenvalue weighted by molar-refractivity contribution is 7.90. The fourth-order valence-corrected chi connectivity index (χ4v) is 1.45. The van der Waals surface area contributed by atoms with E-state index >= 15 is 0 Å². The van der Waals surface area contributed by atoms with Gasteiger partial charge in [-0.25, -0.2) is 12.8 Å². The second-order valence-electron chi connectivity index (χ2n) is 2.53. The zero-order chi connectivity index (χ0) is 10.1. The molecule has 1 aromatic carbocycles. The molecule has 0 unspecified atom stereocenters. The Morgan fingerprint density at radius 2 is 2.08 bits per heavy atom. The first-order chi connectivity index (χ1) is 5.95. The van der Waals surface area contributed by atoms with Crippen LogP contribution < -0.4 is 5.48 Å². The van der Waals surface area contributed by atoms with E-state index in [9.17, 15) is 12.8 Å². The van der Waals surface area contributed by atoms with Gasteiger partial charge in [0.2, 0.25) is 0 Å². The first kappa shape index (κ1) is 9.94. The maximum atomic E-state index is 12.9. The lowest BCUT2D eigenvalue weighted by Gasteiger charge is -2.02. The van der Waals surface area contributed by atoms with Crippen LogP contribution in [0.4, 0.5) is 10.1 Å². The second kappa shape index (κ2) is 3.31. The molecule has 4 nitrogen and oxygen atoms in total. The molecule has 13 heavy (non-hydrogen) atoms. The Labute approximate surface area is 74.9 Å². The van der Waals surface area contributed by atoms with Crippen LogP contribution in [0.25, 0.3) is 0 Å². The van der Waals surface area contributed by atoms with Crippen molar-refractivity contribution in [2.24, 2.45) is 0 Å². The maximum absolute atomic E-state index is 12.9. The van der Waals surface area contributed by atoms with Crippen LogP contribution in [0.5, 0.6) is 0 Å². The van der Waals surface area contributed by atoms with Gasteiger partial charge in [0.1, 0.15) is 5.82 Å². The van der Waals surface area contributed by atoms with Gasteiger partial charge in [0, 0.05) is 6.26 Å². The number of rotatable bonds is 2. The molecule has 0 aromatic heterocycles. The van der Waals surface area contributed by atoms with Crippen LogP contribution in [-0.4, -0.2) is 19.9 Å². The van der Waals surface area contributed by atoms with Gasteiger partial charge >= 0.3 is 0 Å². The normalized spacial score (nSPS) is 11.3. The standard InChI is InChI=1S/C7H8FNO3S/c1-13(11,12)5-2-3-7(9-10)6(8)4-5/h2-4,9-10H,1H3. The van der Waals surface area contributed by atoms with Gasteiger partial charge < -0.3 is 0 Å². The topological polar surface area (TPSA) is 66.4 Å². The van der Waals surface area contributed by atoms with Gasteiger partial charge in [-0.2, -0.15) is 0 Å². The van der Waals surface area contributed by atoms with Gasteiger partial charge in [-0.1, -0.05) is 0 Å². The van der Waals surface area contributed by atoms with Crippen LogP contribution in [0.2, 0.25) is 0 Å². The van der Waals surface area contributed by atoms with E-state index in [-0.39, 0.29) is 10.6 Å². The highest BCUT2D eigenvalue weighted by Crippen LogP contribution is 2.17. The average Bonchev–Trinajstić information content (AvgIpc) is 2.02. The molecule has 0 saturated heterocycles. The summed E-state index contributed by atoms with van der Waals surface area (Å²) in [7, 11) is -3.40. The van der Waals surface area contributed by atoms with Gasteiger partial charge in [-0.05, 0) is 18.2 Å². The summed E-state index contributed by atoms with van der Waals surface area (Å²) in [6.45, 7) is 0. The van der Waals surface area contributed by atoms with E-state index in [2.05, 4.69) is 0 Å². The minimum atomic E-state index is -3.40. The molecule has 0 spiro atoms. The molecular formula is C7H8FNO3S. The number of nitrogens with one attached hydrogen (secondary N) is 1. The van der Waals surface area contributed by atoms with Gasteiger partial charge in [0.15, 0.2) is 9.84 Å². The molecule has 0 aliphatic heterocycles. The Morgan fingerprint density at radius 1 is 1.46 bits per heavy atom. The lowest BCUT2D eigenvalue weighted by Crippen LogP contribution is -2.00. The van der Waals surface area contributed by atoms with Crippen LogP contribution >= 0.6 is 0 Å². The zero-order valence-electron chi connectivity index (χ0n) is 6.78. The van der Waals surface area contributed by atoms with Crippen molar-refractivity contribution in [1.82, 2.24) is 0 Å². The number of sulfone groups is 1. The fourth-order valence-electron chi connectivity index (χ4n) is 0.817. The Hall–Kier alpha value is -1.14. The quantitative estimate of drug-likeness (QED) is 0.708. The van der Waals surface area contributed by atoms with E-state index < -0.39 is 15.7 Å². The molecule has 0 fully saturated rings. The third-order valence-corrected chi connectivity index (χ3v) is 2.60. The third-order valence-electron chi connectivity index (χ3n) is 1.49. The van der Waals surface area contributed by atoms with Crippen LogP contribution in [-0.2, 0) is 9.84 Å². The molecule has 0 atom stereocenters. The smallest absolute Gasteiger partial charge is 0.175 e. The molecule has 1 aromatic rings. The molecule has 0 heterocycles. The summed E-state index contributed by atoms with van der Waals surface area (Å²) in [6, 6.07) is 3.19. The second-order valence-corrected chi connectivity index (χ2v) is 4.54. The number of benzene rings is 1. The van der Waals surface area contributed by atoms with Crippen LogP contribution in [0.15, 0.2) is 23.1 Å². The van der Waals surface area contributed by atoms with Crippen LogP contribution in [0, 0.1) is 5.82 Å². The molecule has 6 heteroatoms. The third kappa shape index (κ3) is 2.16. The van der Waals surface area contributed by atoms with Gasteiger partial charge in [-0.3, -0.25) is 10.7 Å². The number of anilines is 1. The summed E-state index contributed by atoms with van der Waals surface area (Å²) in [5.41, 5.74) is 1.44. The zero-order valence-corrected chi connectivity index (χ0v) is 7.60. The van der Waals surface area contributed by atoms with Crippen molar-refractivity contribution in [3.8, 4) is 0 Å². The van der Waals surface area contributed by atoms with Crippen molar-refractivity contribution in [2.45, 2.75) is 4.90 Å². The molecule has 2 N–H and O–H groups in total. The van der Waals surface area contributed by atoms with Crippen molar-refractivity contribution in [1.29, 1.82) is 0 Å². The van der Waals surface area contributed by atoms with E-state index in [4.69, 9.17) is 5.21 Å². The Balaban J connectivity index is 3.26. The summed E-state index contributed by atoms with van der Waals surface area (Å²) in [5, 5.41) is 8.37. The van der Waals surface area contributed by atoms with E-state index in [1.165, 1.54) is 6.07 Å². The summed E-state index contributed by atoms with van der Waals surface area (Å²) >= 11 is 0. The molecule has 0 amide bonds. The molecule has 0 bridgehead atoms. The summed E-state index contributed by atoms with van der Waals surface area (Å²) < 4.78 is 34.8. The van der Waals surface area contributed by atoms with Crippen LogP contribution in [0.1, 0.15) is 0 Å². The Morgan fingerprint density at radius 3 is 2.46 bits per heavy atom. The molecule has 0 radical (unpaired) electrons. The van der Waals surface area contributed by atoms with Crippen molar-refractivity contribution in [3.63, 3.8) is 0 Å². The lowest BCUT2D eigenvalue weighted by molar-refractivity contribution is 0.384. The first-order valence-electron chi connectivity index (χ1n) is 3.35. The fraction of sp³-hybridized carbons (Fsp3) is 0.143. The maximum Gasteiger partial charge on any atom is 0.175 e. The predicted octanol–water partition coefficient (Wildman–Crippen LogP) is 1.03. The Kier molecular flexibility index (Phi) is 2.53. The molecule has 1 rings (SSSR count). The van der Waals surface area contributed by atoms with E-state index in [0.29, 0.717) is 0 Å². The SMILES string of the molecule is CS(=O)(=O)c1ccc(NO)c(F)c1. The molecule has 72 valence electrons. The van der Waals surface area contributed by atoms with Gasteiger partial charge in [0.25, 0.3) is 0 Å². The summed E-state index contributed by atoms with van der Waals surface area (Å²) in [6.07, 6.45) is 0.980. The summed E-state index contributed by atoms with van der Waals surface area (Å²) in [4.78, 5) is -0.121. The van der Waals surface area contributed by atoms with E-state index in [1.54, 1.807) is 5.48 Å². The predicted molar refractivity (Wildman–Crippen MR) is 44.9 cm³/mol. The number of halogens is 1. The minimum absolute atomic E-state index is 0.121. The molecular weight excluding hydrogens is 197 g/mol. The molecule has 0 aliphatic carbocycles. The van der Waals surface area contributed by atoms with Crippen LogP contribution in [0.3, 0.4) is 0 Å². The highest BCUT2D eigenvalue weighted by atomic mass is 32.2. The molecule has 0 saturated carbocycles.